The molecule has 0 aliphatic carbocycles. The minimum atomic E-state index is -0.387. The summed E-state index contributed by atoms with van der Waals surface area (Å²) in [5.74, 6) is 0.238. The molecule has 1 aromatic heterocycles. The van der Waals surface area contributed by atoms with Gasteiger partial charge in [-0.15, -0.1) is 0 Å². The normalized spacial score (nSPS) is 23.1. The van der Waals surface area contributed by atoms with E-state index in [4.69, 9.17) is 4.74 Å². The molecule has 0 N–H and O–H groups in total. The van der Waals surface area contributed by atoms with Gasteiger partial charge in [0, 0.05) is 57.3 Å². The van der Waals surface area contributed by atoms with Crippen molar-refractivity contribution in [3.8, 4) is 0 Å². The standard InChI is InChI=1S/C20H29N3O3/c1-3-17-14-16(6-9-21-17)18(24)23-12-8-20(15-23)7-4-10-22(19(20)25)11-5-13-26-2/h6,9,14H,3-5,7-8,10-13,15H2,1-2H3/t20-/m0/s1. The third-order valence-corrected chi connectivity index (χ3v) is 5.67. The van der Waals surface area contributed by atoms with Crippen molar-refractivity contribution in [3.05, 3.63) is 29.6 Å². The van der Waals surface area contributed by atoms with E-state index in [2.05, 4.69) is 4.98 Å². The molecule has 6 heteroatoms. The Labute approximate surface area is 155 Å². The first-order valence-corrected chi connectivity index (χ1v) is 9.62. The lowest BCUT2D eigenvalue weighted by atomic mass is 9.78. The van der Waals surface area contributed by atoms with Gasteiger partial charge >= 0.3 is 0 Å². The Kier molecular flexibility index (Phi) is 5.91. The van der Waals surface area contributed by atoms with Gasteiger partial charge in [-0.1, -0.05) is 6.92 Å². The van der Waals surface area contributed by atoms with Crippen molar-refractivity contribution >= 4 is 11.8 Å². The summed E-state index contributed by atoms with van der Waals surface area (Å²) in [7, 11) is 1.68. The molecule has 1 atom stereocenters. The highest BCUT2D eigenvalue weighted by atomic mass is 16.5. The second-order valence-corrected chi connectivity index (χ2v) is 7.39. The largest absolute Gasteiger partial charge is 0.385 e. The predicted molar refractivity (Wildman–Crippen MR) is 98.9 cm³/mol. The van der Waals surface area contributed by atoms with Crippen LogP contribution in [0.25, 0.3) is 0 Å². The molecule has 1 aromatic rings. The van der Waals surface area contributed by atoms with Gasteiger partial charge in [0.1, 0.15) is 0 Å². The molecule has 2 aliphatic rings. The van der Waals surface area contributed by atoms with Crippen LogP contribution in [0.5, 0.6) is 0 Å². The van der Waals surface area contributed by atoms with Crippen LogP contribution in [0.2, 0.25) is 0 Å². The third kappa shape index (κ3) is 3.75. The van der Waals surface area contributed by atoms with Crippen molar-refractivity contribution in [1.82, 2.24) is 14.8 Å². The number of methoxy groups -OCH3 is 1. The number of carbonyl (C=O) groups is 2. The maximum Gasteiger partial charge on any atom is 0.254 e. The van der Waals surface area contributed by atoms with Crippen molar-refractivity contribution in [2.45, 2.75) is 39.0 Å². The molecule has 26 heavy (non-hydrogen) atoms. The van der Waals surface area contributed by atoms with Crippen LogP contribution in [-0.4, -0.2) is 66.5 Å². The zero-order valence-corrected chi connectivity index (χ0v) is 15.9. The van der Waals surface area contributed by atoms with Crippen LogP contribution in [0.1, 0.15) is 48.7 Å². The van der Waals surface area contributed by atoms with E-state index >= 15 is 0 Å². The average molecular weight is 359 g/mol. The van der Waals surface area contributed by atoms with Crippen LogP contribution in [0.3, 0.4) is 0 Å². The van der Waals surface area contributed by atoms with E-state index in [0.29, 0.717) is 25.3 Å². The van der Waals surface area contributed by atoms with E-state index in [0.717, 1.165) is 50.9 Å². The van der Waals surface area contributed by atoms with Crippen molar-refractivity contribution in [1.29, 1.82) is 0 Å². The van der Waals surface area contributed by atoms with Crippen molar-refractivity contribution in [3.63, 3.8) is 0 Å². The summed E-state index contributed by atoms with van der Waals surface area (Å²) in [6.07, 6.45) is 6.02. The Balaban J connectivity index is 1.68. The zero-order chi connectivity index (χ0) is 18.6. The number of nitrogens with zero attached hydrogens (tertiary/aromatic N) is 3. The highest BCUT2D eigenvalue weighted by Crippen LogP contribution is 2.40. The molecule has 0 saturated carbocycles. The van der Waals surface area contributed by atoms with Crippen LogP contribution in [0, 0.1) is 5.41 Å². The summed E-state index contributed by atoms with van der Waals surface area (Å²) in [5, 5.41) is 0. The van der Waals surface area contributed by atoms with Gasteiger partial charge in [0.25, 0.3) is 5.91 Å². The Morgan fingerprint density at radius 3 is 2.96 bits per heavy atom. The number of aryl methyl sites for hydroxylation is 1. The summed E-state index contributed by atoms with van der Waals surface area (Å²) in [6.45, 7) is 5.45. The number of ether oxygens (including phenoxy) is 1. The van der Waals surface area contributed by atoms with E-state index in [1.54, 1.807) is 19.4 Å². The summed E-state index contributed by atoms with van der Waals surface area (Å²) in [5.41, 5.74) is 1.21. The average Bonchev–Trinajstić information content (AvgIpc) is 3.10. The molecule has 2 saturated heterocycles. The van der Waals surface area contributed by atoms with Crippen LogP contribution in [-0.2, 0) is 16.0 Å². The fraction of sp³-hybridized carbons (Fsp3) is 0.650. The topological polar surface area (TPSA) is 62.7 Å². The van der Waals surface area contributed by atoms with Gasteiger partial charge in [-0.2, -0.15) is 0 Å². The van der Waals surface area contributed by atoms with Crippen LogP contribution < -0.4 is 0 Å². The van der Waals surface area contributed by atoms with Gasteiger partial charge in [-0.05, 0) is 44.2 Å². The first-order valence-electron chi connectivity index (χ1n) is 9.62. The molecule has 142 valence electrons. The minimum Gasteiger partial charge on any atom is -0.385 e. The third-order valence-electron chi connectivity index (χ3n) is 5.67. The fourth-order valence-corrected chi connectivity index (χ4v) is 4.18. The zero-order valence-electron chi connectivity index (χ0n) is 15.9. The maximum absolute atomic E-state index is 13.1. The van der Waals surface area contributed by atoms with Gasteiger partial charge in [-0.25, -0.2) is 0 Å². The molecule has 2 fully saturated rings. The number of amides is 2. The van der Waals surface area contributed by atoms with Gasteiger partial charge in [0.2, 0.25) is 5.91 Å². The van der Waals surface area contributed by atoms with Gasteiger partial charge in [0.05, 0.1) is 5.41 Å². The Morgan fingerprint density at radius 1 is 1.35 bits per heavy atom. The molecule has 3 heterocycles. The van der Waals surface area contributed by atoms with Gasteiger partial charge in [0.15, 0.2) is 0 Å². The molecule has 0 unspecified atom stereocenters. The number of rotatable bonds is 6. The van der Waals surface area contributed by atoms with Crippen LogP contribution in [0.4, 0.5) is 0 Å². The smallest absolute Gasteiger partial charge is 0.254 e. The highest BCUT2D eigenvalue weighted by molar-refractivity contribution is 5.95. The molecular weight excluding hydrogens is 330 g/mol. The van der Waals surface area contributed by atoms with Crippen molar-refractivity contribution < 1.29 is 14.3 Å². The van der Waals surface area contributed by atoms with E-state index in [1.807, 2.05) is 22.8 Å². The highest BCUT2D eigenvalue weighted by Gasteiger charge is 2.49. The summed E-state index contributed by atoms with van der Waals surface area (Å²) >= 11 is 0. The summed E-state index contributed by atoms with van der Waals surface area (Å²) in [4.78, 5) is 34.1. The Hall–Kier alpha value is -1.95. The molecular formula is C20H29N3O3. The second-order valence-electron chi connectivity index (χ2n) is 7.39. The second kappa shape index (κ2) is 8.16. The number of pyridine rings is 1. The number of likely N-dealkylation sites (tertiary alicyclic amines) is 2. The molecule has 2 aliphatic heterocycles. The Morgan fingerprint density at radius 2 is 2.19 bits per heavy atom. The molecule has 0 radical (unpaired) electrons. The molecule has 1 spiro atoms. The number of aromatic nitrogens is 1. The molecule has 0 bridgehead atoms. The lowest BCUT2D eigenvalue weighted by Crippen LogP contribution is -2.50. The first kappa shape index (κ1) is 18.8. The van der Waals surface area contributed by atoms with E-state index < -0.39 is 0 Å². The predicted octanol–water partition coefficient (Wildman–Crippen LogP) is 2.14. The van der Waals surface area contributed by atoms with E-state index in [9.17, 15) is 9.59 Å². The van der Waals surface area contributed by atoms with Crippen molar-refractivity contribution in [2.24, 2.45) is 5.41 Å². The number of hydrogen-bond donors (Lipinski definition) is 0. The van der Waals surface area contributed by atoms with E-state index in [-0.39, 0.29) is 17.2 Å². The molecule has 6 nitrogen and oxygen atoms in total. The molecule has 3 rings (SSSR count). The molecule has 2 amide bonds. The first-order chi connectivity index (χ1) is 12.6. The number of piperidine rings is 1. The number of hydrogen-bond acceptors (Lipinski definition) is 4. The lowest BCUT2D eigenvalue weighted by molar-refractivity contribution is -0.145. The monoisotopic (exact) mass is 359 g/mol. The van der Waals surface area contributed by atoms with Crippen LogP contribution in [0.15, 0.2) is 18.3 Å². The SMILES string of the molecule is CCc1cc(C(=O)N2CC[C@@]3(CCCN(CCCOC)C3=O)C2)ccn1. The maximum atomic E-state index is 13.1. The van der Waals surface area contributed by atoms with Crippen molar-refractivity contribution in [2.75, 3.05) is 39.9 Å². The number of carbonyl (C=O) groups excluding carboxylic acids is 2. The van der Waals surface area contributed by atoms with Gasteiger partial charge in [-0.3, -0.25) is 14.6 Å². The fourth-order valence-electron chi connectivity index (χ4n) is 4.18. The van der Waals surface area contributed by atoms with Gasteiger partial charge < -0.3 is 14.5 Å². The minimum absolute atomic E-state index is 0.0169. The molecule has 0 aromatic carbocycles. The lowest BCUT2D eigenvalue weighted by Gasteiger charge is -2.39. The van der Waals surface area contributed by atoms with Crippen LogP contribution >= 0.6 is 0 Å². The van der Waals surface area contributed by atoms with E-state index in [1.165, 1.54) is 0 Å². The summed E-state index contributed by atoms with van der Waals surface area (Å²) in [6, 6.07) is 3.64. The quantitative estimate of drug-likeness (QED) is 0.730. The summed E-state index contributed by atoms with van der Waals surface area (Å²) < 4.78 is 5.11. The Bertz CT molecular complexity index is 663.